The molecule has 0 bridgehead atoms. The first-order valence-corrected chi connectivity index (χ1v) is 9.31. The second-order valence-electron chi connectivity index (χ2n) is 6.66. The van der Waals surface area contributed by atoms with E-state index in [-0.39, 0.29) is 24.2 Å². The molecule has 0 spiro atoms. The van der Waals surface area contributed by atoms with Crippen LogP contribution in [0.25, 0.3) is 11.0 Å². The van der Waals surface area contributed by atoms with E-state index >= 15 is 0 Å². The molecule has 144 valence electrons. The van der Waals surface area contributed by atoms with Gasteiger partial charge in [0.05, 0.1) is 30.5 Å². The zero-order valence-electron chi connectivity index (χ0n) is 15.2. The highest BCUT2D eigenvalue weighted by Crippen LogP contribution is 2.36. The maximum atomic E-state index is 12.2. The number of rotatable bonds is 6. The quantitative estimate of drug-likeness (QED) is 0.594. The molecule has 1 aliphatic rings. The summed E-state index contributed by atoms with van der Waals surface area (Å²) in [5.74, 6) is 0.748. The van der Waals surface area contributed by atoms with Crippen molar-refractivity contribution in [3.8, 4) is 5.75 Å². The molecule has 4 rings (SSSR count). The summed E-state index contributed by atoms with van der Waals surface area (Å²) in [5.41, 5.74) is 3.25. The number of carbonyl (C=O) groups is 2. The molecule has 0 fully saturated rings. The number of anilines is 1. The highest BCUT2D eigenvalue weighted by Gasteiger charge is 2.30. The third kappa shape index (κ3) is 3.66. The van der Waals surface area contributed by atoms with Crippen LogP contribution in [-0.4, -0.2) is 35.4 Å². The molecule has 8 heteroatoms. The van der Waals surface area contributed by atoms with Crippen molar-refractivity contribution in [1.29, 1.82) is 0 Å². The van der Waals surface area contributed by atoms with E-state index in [0.717, 1.165) is 22.3 Å². The number of halogens is 1. The fourth-order valence-electron chi connectivity index (χ4n) is 3.41. The minimum Gasteiger partial charge on any atom is -0.497 e. The first-order chi connectivity index (χ1) is 13.5. The third-order valence-electron chi connectivity index (χ3n) is 4.78. The van der Waals surface area contributed by atoms with Crippen molar-refractivity contribution in [2.24, 2.45) is 0 Å². The minimum atomic E-state index is -0.307. The van der Waals surface area contributed by atoms with Crippen molar-refractivity contribution >= 4 is 40.1 Å². The number of benzene rings is 2. The molecule has 0 saturated carbocycles. The topological polar surface area (TPSA) is 96.1 Å². The van der Waals surface area contributed by atoms with Crippen molar-refractivity contribution < 1.29 is 14.3 Å². The number of nitrogens with zero attached hydrogens (tertiary/aromatic N) is 1. The molecule has 0 saturated heterocycles. The number of imidazole rings is 1. The van der Waals surface area contributed by atoms with Crippen LogP contribution in [-0.2, 0) is 16.0 Å². The summed E-state index contributed by atoms with van der Waals surface area (Å²) >= 11 is 5.96. The molecule has 2 heterocycles. The summed E-state index contributed by atoms with van der Waals surface area (Å²) in [6, 6.07) is 10.8. The molecular formula is C20H19ClN4O3. The second-order valence-corrected chi connectivity index (χ2v) is 7.09. The Balaban J connectivity index is 1.35. The number of amides is 2. The summed E-state index contributed by atoms with van der Waals surface area (Å²) in [7, 11) is 1.59. The number of methoxy groups -OCH3 is 1. The number of carbonyl (C=O) groups excluding carboxylic acids is 2. The van der Waals surface area contributed by atoms with Gasteiger partial charge in [0.15, 0.2) is 0 Å². The molecule has 0 aliphatic carbocycles. The molecule has 7 nitrogen and oxygen atoms in total. The highest BCUT2D eigenvalue weighted by molar-refractivity contribution is 6.31. The Kier molecular flexibility index (Phi) is 4.92. The van der Waals surface area contributed by atoms with E-state index in [1.54, 1.807) is 25.3 Å². The molecule has 3 N–H and O–H groups in total. The second kappa shape index (κ2) is 7.52. The number of hydrogen-bond acceptors (Lipinski definition) is 4. The Morgan fingerprint density at radius 2 is 2.14 bits per heavy atom. The first-order valence-electron chi connectivity index (χ1n) is 8.93. The van der Waals surface area contributed by atoms with Crippen LogP contribution >= 0.6 is 11.6 Å². The molecule has 0 unspecified atom stereocenters. The normalized spacial score (nSPS) is 15.4. The van der Waals surface area contributed by atoms with Crippen LogP contribution in [0.2, 0.25) is 5.02 Å². The number of hydrogen-bond donors (Lipinski definition) is 3. The van der Waals surface area contributed by atoms with Crippen LogP contribution in [0.4, 0.5) is 5.69 Å². The number of nitrogens with one attached hydrogen (secondary N) is 3. The zero-order valence-corrected chi connectivity index (χ0v) is 16.0. The fraction of sp³-hybridized carbons (Fsp3) is 0.250. The molecule has 1 aromatic heterocycles. The van der Waals surface area contributed by atoms with Crippen LogP contribution in [0, 0.1) is 0 Å². The molecule has 28 heavy (non-hydrogen) atoms. The lowest BCUT2D eigenvalue weighted by molar-refractivity contribution is -0.121. The Labute approximate surface area is 166 Å². The lowest BCUT2D eigenvalue weighted by atomic mass is 9.97. The number of ether oxygens (including phenoxy) is 1. The number of aromatic nitrogens is 2. The van der Waals surface area contributed by atoms with Crippen molar-refractivity contribution in [1.82, 2.24) is 15.3 Å². The number of aromatic amines is 1. The average molecular weight is 399 g/mol. The van der Waals surface area contributed by atoms with Gasteiger partial charge in [0.25, 0.3) is 0 Å². The predicted molar refractivity (Wildman–Crippen MR) is 107 cm³/mol. The summed E-state index contributed by atoms with van der Waals surface area (Å²) in [4.78, 5) is 32.0. The van der Waals surface area contributed by atoms with Crippen molar-refractivity contribution in [2.75, 3.05) is 19.0 Å². The van der Waals surface area contributed by atoms with Crippen LogP contribution in [0.5, 0.6) is 5.75 Å². The molecule has 2 amide bonds. The Hall–Kier alpha value is -3.06. The molecule has 1 aliphatic heterocycles. The zero-order chi connectivity index (χ0) is 19.7. The van der Waals surface area contributed by atoms with E-state index in [9.17, 15) is 9.59 Å². The molecule has 0 radical (unpaired) electrons. The van der Waals surface area contributed by atoms with E-state index in [1.807, 2.05) is 18.2 Å². The van der Waals surface area contributed by atoms with Gasteiger partial charge in [-0.05, 0) is 48.4 Å². The standard InChI is InChI=1S/C20H19ClN4O3/c1-28-12-3-5-15-14(9-12)13(20(27)25-15)6-7-22-19(26)10-18-23-16-4-2-11(21)8-17(16)24-18/h2-5,8-9,13H,6-7,10H2,1H3,(H,22,26)(H,23,24)(H,25,27)/t13-/m1/s1. The largest absolute Gasteiger partial charge is 0.497 e. The summed E-state index contributed by atoms with van der Waals surface area (Å²) in [6.45, 7) is 0.389. The minimum absolute atomic E-state index is 0.0633. The van der Waals surface area contributed by atoms with E-state index in [2.05, 4.69) is 20.6 Å². The Morgan fingerprint density at radius 3 is 2.96 bits per heavy atom. The Bertz CT molecular complexity index is 1060. The van der Waals surface area contributed by atoms with Gasteiger partial charge in [0.1, 0.15) is 11.6 Å². The van der Waals surface area contributed by atoms with E-state index in [4.69, 9.17) is 16.3 Å². The van der Waals surface area contributed by atoms with Crippen LogP contribution in [0.1, 0.15) is 23.7 Å². The van der Waals surface area contributed by atoms with Crippen LogP contribution < -0.4 is 15.4 Å². The summed E-state index contributed by atoms with van der Waals surface area (Å²) in [6.07, 6.45) is 0.640. The average Bonchev–Trinajstić information content (AvgIpc) is 3.20. The van der Waals surface area contributed by atoms with Gasteiger partial charge in [0, 0.05) is 17.3 Å². The maximum absolute atomic E-state index is 12.2. The predicted octanol–water partition coefficient (Wildman–Crippen LogP) is 3.01. The van der Waals surface area contributed by atoms with Crippen molar-refractivity contribution in [2.45, 2.75) is 18.8 Å². The lowest BCUT2D eigenvalue weighted by Crippen LogP contribution is -2.28. The fourth-order valence-corrected chi connectivity index (χ4v) is 3.58. The number of fused-ring (bicyclic) bond motifs is 2. The van der Waals surface area contributed by atoms with Gasteiger partial charge in [-0.2, -0.15) is 0 Å². The van der Waals surface area contributed by atoms with Gasteiger partial charge < -0.3 is 20.4 Å². The molecule has 3 aromatic rings. The number of H-pyrrole nitrogens is 1. The van der Waals surface area contributed by atoms with Crippen molar-refractivity contribution in [3.63, 3.8) is 0 Å². The maximum Gasteiger partial charge on any atom is 0.232 e. The van der Waals surface area contributed by atoms with E-state index in [1.165, 1.54) is 0 Å². The van der Waals surface area contributed by atoms with Gasteiger partial charge in [-0.1, -0.05) is 11.6 Å². The van der Waals surface area contributed by atoms with Gasteiger partial charge in [-0.25, -0.2) is 4.98 Å². The monoisotopic (exact) mass is 398 g/mol. The lowest BCUT2D eigenvalue weighted by Gasteiger charge is -2.10. The van der Waals surface area contributed by atoms with E-state index in [0.29, 0.717) is 29.6 Å². The molecular weight excluding hydrogens is 380 g/mol. The summed E-state index contributed by atoms with van der Waals surface area (Å²) < 4.78 is 5.24. The van der Waals surface area contributed by atoms with Gasteiger partial charge in [-0.3, -0.25) is 9.59 Å². The van der Waals surface area contributed by atoms with Crippen LogP contribution in [0.15, 0.2) is 36.4 Å². The van der Waals surface area contributed by atoms with E-state index < -0.39 is 0 Å². The van der Waals surface area contributed by atoms with Gasteiger partial charge >= 0.3 is 0 Å². The Morgan fingerprint density at radius 1 is 1.29 bits per heavy atom. The summed E-state index contributed by atoms with van der Waals surface area (Å²) in [5, 5.41) is 6.33. The smallest absolute Gasteiger partial charge is 0.232 e. The first kappa shape index (κ1) is 18.3. The highest BCUT2D eigenvalue weighted by atomic mass is 35.5. The molecule has 1 atom stereocenters. The van der Waals surface area contributed by atoms with Crippen molar-refractivity contribution in [3.05, 3.63) is 52.8 Å². The van der Waals surface area contributed by atoms with Crippen LogP contribution in [0.3, 0.4) is 0 Å². The van der Waals surface area contributed by atoms with Gasteiger partial charge in [-0.15, -0.1) is 0 Å². The third-order valence-corrected chi connectivity index (χ3v) is 5.02. The molecule has 2 aromatic carbocycles. The SMILES string of the molecule is COc1ccc2c(c1)[C@@H](CCNC(=O)Cc1nc3ccc(Cl)cc3[nH]1)C(=O)N2. The van der Waals surface area contributed by atoms with Gasteiger partial charge in [0.2, 0.25) is 11.8 Å².